The van der Waals surface area contributed by atoms with Gasteiger partial charge in [-0.05, 0) is 19.1 Å². The second-order valence-corrected chi connectivity index (χ2v) is 4.62. The van der Waals surface area contributed by atoms with E-state index in [4.69, 9.17) is 0 Å². The van der Waals surface area contributed by atoms with Crippen LogP contribution in [0.15, 0.2) is 71.0 Å². The number of hydrogen-bond donors (Lipinski definition) is 1. The van der Waals surface area contributed by atoms with Crippen molar-refractivity contribution in [3.05, 3.63) is 66.2 Å². The van der Waals surface area contributed by atoms with Gasteiger partial charge in [0.25, 0.3) is 0 Å². The van der Waals surface area contributed by atoms with E-state index >= 15 is 0 Å². The van der Waals surface area contributed by atoms with Gasteiger partial charge in [-0.2, -0.15) is 5.11 Å². The van der Waals surface area contributed by atoms with E-state index in [1.165, 1.54) is 0 Å². The van der Waals surface area contributed by atoms with Gasteiger partial charge in [-0.1, -0.05) is 53.8 Å². The molecule has 2 atom stereocenters. The van der Waals surface area contributed by atoms with Gasteiger partial charge in [-0.15, -0.1) is 0 Å². The zero-order valence-electron chi connectivity index (χ0n) is 10.6. The van der Waals surface area contributed by atoms with Gasteiger partial charge >= 0.3 is 0 Å². The van der Waals surface area contributed by atoms with E-state index in [1.54, 1.807) is 5.01 Å². The fourth-order valence-electron chi connectivity index (χ4n) is 2.32. The van der Waals surface area contributed by atoms with Gasteiger partial charge in [0.1, 0.15) is 6.04 Å². The minimum absolute atomic E-state index is 0.324. The Balaban J connectivity index is 2.08. The van der Waals surface area contributed by atoms with Crippen LogP contribution in [0, 0.1) is 0 Å². The molecule has 2 unspecified atom stereocenters. The van der Waals surface area contributed by atoms with Crippen molar-refractivity contribution in [3.8, 4) is 0 Å². The van der Waals surface area contributed by atoms with Gasteiger partial charge in [-0.3, -0.25) is 0 Å². The van der Waals surface area contributed by atoms with E-state index in [9.17, 15) is 5.11 Å². The summed E-state index contributed by atoms with van der Waals surface area (Å²) in [5, 5.41) is 20.9. The Bertz CT molecular complexity index is 585. The van der Waals surface area contributed by atoms with Crippen molar-refractivity contribution in [2.45, 2.75) is 18.7 Å². The highest BCUT2D eigenvalue weighted by atomic mass is 16.3. The van der Waals surface area contributed by atoms with E-state index < -0.39 is 5.72 Å². The van der Waals surface area contributed by atoms with Crippen LogP contribution in [-0.2, 0) is 5.72 Å². The average molecular weight is 253 g/mol. The van der Waals surface area contributed by atoms with Crippen LogP contribution in [0.5, 0.6) is 0 Å². The molecular formula is C15H15N3O. The highest BCUT2D eigenvalue weighted by molar-refractivity contribution is 5.50. The molecule has 0 bridgehead atoms. The molecular weight excluding hydrogens is 238 g/mol. The summed E-state index contributed by atoms with van der Waals surface area (Å²) in [6, 6.07) is 18.8. The van der Waals surface area contributed by atoms with Crippen LogP contribution in [0.2, 0.25) is 0 Å². The molecule has 0 saturated carbocycles. The topological polar surface area (TPSA) is 48.2 Å². The molecule has 0 spiro atoms. The summed E-state index contributed by atoms with van der Waals surface area (Å²) >= 11 is 0. The second kappa shape index (κ2) is 4.48. The summed E-state index contributed by atoms with van der Waals surface area (Å²) in [5.41, 5.74) is 0.376. The van der Waals surface area contributed by atoms with Crippen molar-refractivity contribution in [1.29, 1.82) is 0 Å². The molecule has 1 aliphatic heterocycles. The molecule has 2 aromatic rings. The third-order valence-electron chi connectivity index (χ3n) is 3.42. The fourth-order valence-corrected chi connectivity index (χ4v) is 2.32. The molecule has 1 N–H and O–H groups in total. The largest absolute Gasteiger partial charge is 0.364 e. The maximum Gasteiger partial charge on any atom is 0.210 e. The van der Waals surface area contributed by atoms with Crippen molar-refractivity contribution in [2.24, 2.45) is 10.3 Å². The predicted molar refractivity (Wildman–Crippen MR) is 73.6 cm³/mol. The summed E-state index contributed by atoms with van der Waals surface area (Å²) in [4.78, 5) is 0. The van der Waals surface area contributed by atoms with Crippen molar-refractivity contribution in [1.82, 2.24) is 0 Å². The van der Waals surface area contributed by atoms with E-state index in [-0.39, 0.29) is 6.04 Å². The van der Waals surface area contributed by atoms with Crippen molar-refractivity contribution < 1.29 is 5.11 Å². The summed E-state index contributed by atoms with van der Waals surface area (Å²) in [7, 11) is 0. The molecule has 3 rings (SSSR count). The smallest absolute Gasteiger partial charge is 0.210 e. The Morgan fingerprint density at radius 1 is 1.00 bits per heavy atom. The fraction of sp³-hybridized carbons (Fsp3) is 0.200. The first-order valence-electron chi connectivity index (χ1n) is 6.27. The van der Waals surface area contributed by atoms with Crippen LogP contribution in [-0.4, -0.2) is 11.1 Å². The van der Waals surface area contributed by atoms with Gasteiger partial charge in [-0.25, -0.2) is 5.01 Å². The molecule has 0 amide bonds. The van der Waals surface area contributed by atoms with Crippen LogP contribution >= 0.6 is 0 Å². The van der Waals surface area contributed by atoms with Crippen LogP contribution in [0.4, 0.5) is 5.69 Å². The number of para-hydroxylation sites is 1. The molecule has 4 heteroatoms. The van der Waals surface area contributed by atoms with Crippen molar-refractivity contribution in [3.63, 3.8) is 0 Å². The molecule has 0 saturated heterocycles. The van der Waals surface area contributed by atoms with Gasteiger partial charge < -0.3 is 5.11 Å². The average Bonchev–Trinajstić information content (AvgIpc) is 2.78. The Morgan fingerprint density at radius 3 is 2.21 bits per heavy atom. The van der Waals surface area contributed by atoms with Crippen LogP contribution in [0.25, 0.3) is 0 Å². The molecule has 2 aromatic carbocycles. The summed E-state index contributed by atoms with van der Waals surface area (Å²) in [6.45, 7) is 1.86. The number of hydrogen-bond acceptors (Lipinski definition) is 4. The summed E-state index contributed by atoms with van der Waals surface area (Å²) in [5.74, 6) is 0. The van der Waals surface area contributed by atoms with Crippen molar-refractivity contribution >= 4 is 5.69 Å². The molecule has 1 aliphatic rings. The van der Waals surface area contributed by atoms with E-state index in [2.05, 4.69) is 10.3 Å². The maximum atomic E-state index is 11.1. The first-order valence-corrected chi connectivity index (χ1v) is 6.27. The summed E-state index contributed by atoms with van der Waals surface area (Å²) < 4.78 is 0. The monoisotopic (exact) mass is 253 g/mol. The zero-order valence-corrected chi connectivity index (χ0v) is 10.6. The molecule has 96 valence electrons. The van der Waals surface area contributed by atoms with Gasteiger partial charge in [0.2, 0.25) is 5.72 Å². The minimum atomic E-state index is -1.23. The lowest BCUT2D eigenvalue weighted by molar-refractivity contribution is 0.0293. The second-order valence-electron chi connectivity index (χ2n) is 4.62. The number of nitrogens with zero attached hydrogens (tertiary/aromatic N) is 3. The quantitative estimate of drug-likeness (QED) is 0.894. The van der Waals surface area contributed by atoms with Crippen LogP contribution in [0.1, 0.15) is 12.5 Å². The lowest BCUT2D eigenvalue weighted by Crippen LogP contribution is -2.46. The molecule has 0 aromatic heterocycles. The zero-order chi connectivity index (χ0) is 13.3. The SMILES string of the molecule is CC1N=NN(c2ccccc2)C1(O)c1ccccc1. The lowest BCUT2D eigenvalue weighted by Gasteiger charge is -2.34. The van der Waals surface area contributed by atoms with Gasteiger partial charge in [0, 0.05) is 5.56 Å². The molecule has 0 fully saturated rings. The number of anilines is 1. The van der Waals surface area contributed by atoms with Gasteiger partial charge in [0.05, 0.1) is 5.69 Å². The van der Waals surface area contributed by atoms with Crippen LogP contribution < -0.4 is 5.01 Å². The Kier molecular flexibility index (Phi) is 2.80. The van der Waals surface area contributed by atoms with E-state index in [0.717, 1.165) is 11.3 Å². The summed E-state index contributed by atoms with van der Waals surface area (Å²) in [6.07, 6.45) is 0. The van der Waals surface area contributed by atoms with E-state index in [1.807, 2.05) is 67.6 Å². The Hall–Kier alpha value is -2.20. The number of rotatable bonds is 2. The molecule has 0 radical (unpaired) electrons. The third kappa shape index (κ3) is 1.81. The van der Waals surface area contributed by atoms with Crippen LogP contribution in [0.3, 0.4) is 0 Å². The van der Waals surface area contributed by atoms with E-state index in [0.29, 0.717) is 0 Å². The standard InChI is InChI=1S/C15H15N3O/c1-12-15(19,13-8-4-2-5-9-13)18(17-16-12)14-10-6-3-7-11-14/h2-12,19H,1H3. The molecule has 1 heterocycles. The lowest BCUT2D eigenvalue weighted by atomic mass is 9.95. The van der Waals surface area contributed by atoms with Gasteiger partial charge in [0.15, 0.2) is 0 Å². The number of benzene rings is 2. The molecule has 4 nitrogen and oxygen atoms in total. The Morgan fingerprint density at radius 2 is 1.58 bits per heavy atom. The first kappa shape index (κ1) is 11.9. The molecule has 19 heavy (non-hydrogen) atoms. The first-order chi connectivity index (χ1) is 9.23. The maximum absolute atomic E-state index is 11.1. The third-order valence-corrected chi connectivity index (χ3v) is 3.42. The Labute approximate surface area is 112 Å². The highest BCUT2D eigenvalue weighted by Crippen LogP contribution is 2.39. The molecule has 0 aliphatic carbocycles. The highest BCUT2D eigenvalue weighted by Gasteiger charge is 2.47. The van der Waals surface area contributed by atoms with Crippen molar-refractivity contribution in [2.75, 3.05) is 5.01 Å². The minimum Gasteiger partial charge on any atom is -0.364 e. The normalized spacial score (nSPS) is 25.8. The number of aliphatic hydroxyl groups is 1. The predicted octanol–water partition coefficient (Wildman–Crippen LogP) is 3.11.